The maximum atomic E-state index is 11.8. The van der Waals surface area contributed by atoms with Gasteiger partial charge in [-0.3, -0.25) is 5.32 Å². The third-order valence-electron chi connectivity index (χ3n) is 3.08. The first kappa shape index (κ1) is 15.5. The second kappa shape index (κ2) is 7.21. The molecule has 114 valence electrons. The van der Waals surface area contributed by atoms with E-state index < -0.39 is 6.09 Å². The van der Waals surface area contributed by atoms with E-state index in [1.165, 1.54) is 0 Å². The molecule has 2 rings (SSSR count). The van der Waals surface area contributed by atoms with Gasteiger partial charge in [0.05, 0.1) is 6.61 Å². The van der Waals surface area contributed by atoms with Crippen LogP contribution in [0.25, 0.3) is 0 Å². The largest absolute Gasteiger partial charge is 0.450 e. The Bertz CT molecular complexity index is 507. The zero-order chi connectivity index (χ0) is 15.2. The molecule has 6 nitrogen and oxygen atoms in total. The number of nitrogens with zero attached hydrogens (tertiary/aromatic N) is 1. The van der Waals surface area contributed by atoms with Crippen molar-refractivity contribution >= 4 is 29.6 Å². The molecule has 1 fully saturated rings. The molecule has 1 aromatic carbocycles. The quantitative estimate of drug-likeness (QED) is 0.900. The third kappa shape index (κ3) is 3.81. The number of amides is 3. The average molecular weight is 309 g/mol. The normalized spacial score (nSPS) is 17.4. The number of thioether (sulfide) groups is 1. The molecule has 0 radical (unpaired) electrons. The van der Waals surface area contributed by atoms with Crippen molar-refractivity contribution in [2.75, 3.05) is 31.3 Å². The van der Waals surface area contributed by atoms with Gasteiger partial charge < -0.3 is 15.0 Å². The van der Waals surface area contributed by atoms with E-state index in [4.69, 9.17) is 4.74 Å². The van der Waals surface area contributed by atoms with Crippen LogP contribution in [-0.4, -0.2) is 43.0 Å². The Morgan fingerprint density at radius 2 is 2.10 bits per heavy atom. The summed E-state index contributed by atoms with van der Waals surface area (Å²) in [5.41, 5.74) is 1.71. The van der Waals surface area contributed by atoms with E-state index in [-0.39, 0.29) is 11.4 Å². The first-order valence-corrected chi connectivity index (χ1v) is 7.84. The Morgan fingerprint density at radius 1 is 1.38 bits per heavy atom. The first-order valence-electron chi connectivity index (χ1n) is 6.79. The van der Waals surface area contributed by atoms with Gasteiger partial charge in [-0.15, -0.1) is 11.8 Å². The molecule has 1 aliphatic rings. The lowest BCUT2D eigenvalue weighted by Crippen LogP contribution is -2.37. The Hall–Kier alpha value is -1.89. The highest BCUT2D eigenvalue weighted by atomic mass is 32.2. The predicted molar refractivity (Wildman–Crippen MR) is 83.4 cm³/mol. The number of ether oxygens (including phenoxy) is 1. The lowest BCUT2D eigenvalue weighted by Gasteiger charge is -2.23. The van der Waals surface area contributed by atoms with E-state index in [0.29, 0.717) is 12.3 Å². The molecule has 0 aliphatic carbocycles. The molecular formula is C14H19N3O3S. The first-order chi connectivity index (χ1) is 10.2. The maximum Gasteiger partial charge on any atom is 0.411 e. The summed E-state index contributed by atoms with van der Waals surface area (Å²) in [5.74, 6) is 0.918. The molecular weight excluding hydrogens is 290 g/mol. The molecule has 0 saturated carbocycles. The van der Waals surface area contributed by atoms with Crippen molar-refractivity contribution in [1.29, 1.82) is 0 Å². The van der Waals surface area contributed by atoms with Gasteiger partial charge in [-0.05, 0) is 24.6 Å². The SMILES string of the molecule is CCOC(=O)Nc1ccc([C@@H]2SCCN2C(=O)NC)cc1. The average Bonchev–Trinajstić information content (AvgIpc) is 2.97. The fourth-order valence-corrected chi connectivity index (χ4v) is 3.37. The van der Waals surface area contributed by atoms with Gasteiger partial charge in [0.25, 0.3) is 0 Å². The summed E-state index contributed by atoms with van der Waals surface area (Å²) in [6, 6.07) is 7.39. The van der Waals surface area contributed by atoms with Crippen LogP contribution < -0.4 is 10.6 Å². The van der Waals surface area contributed by atoms with Crippen LogP contribution in [0.5, 0.6) is 0 Å². The molecule has 1 heterocycles. The van der Waals surface area contributed by atoms with Crippen LogP contribution in [0.15, 0.2) is 24.3 Å². The highest BCUT2D eigenvalue weighted by Crippen LogP contribution is 2.38. The fourth-order valence-electron chi connectivity index (χ4n) is 2.11. The van der Waals surface area contributed by atoms with Crippen LogP contribution in [0.2, 0.25) is 0 Å². The van der Waals surface area contributed by atoms with E-state index >= 15 is 0 Å². The molecule has 7 heteroatoms. The number of carbonyl (C=O) groups is 2. The van der Waals surface area contributed by atoms with E-state index in [9.17, 15) is 9.59 Å². The summed E-state index contributed by atoms with van der Waals surface area (Å²) in [6.07, 6.45) is -0.465. The van der Waals surface area contributed by atoms with Crippen LogP contribution in [0.3, 0.4) is 0 Å². The van der Waals surface area contributed by atoms with E-state index in [1.807, 2.05) is 24.3 Å². The van der Waals surface area contributed by atoms with E-state index in [1.54, 1.807) is 30.6 Å². The van der Waals surface area contributed by atoms with Crippen LogP contribution in [0.1, 0.15) is 17.9 Å². The highest BCUT2D eigenvalue weighted by molar-refractivity contribution is 7.99. The molecule has 21 heavy (non-hydrogen) atoms. The second-order valence-electron chi connectivity index (χ2n) is 4.44. The molecule has 1 atom stereocenters. The third-order valence-corrected chi connectivity index (χ3v) is 4.34. The molecule has 0 unspecified atom stereocenters. The second-order valence-corrected chi connectivity index (χ2v) is 5.63. The number of rotatable bonds is 3. The van der Waals surface area contributed by atoms with Gasteiger partial charge in [-0.1, -0.05) is 12.1 Å². The van der Waals surface area contributed by atoms with Crippen molar-refractivity contribution in [1.82, 2.24) is 10.2 Å². The minimum atomic E-state index is -0.465. The predicted octanol–water partition coefficient (Wildman–Crippen LogP) is 2.64. The van der Waals surface area contributed by atoms with Gasteiger partial charge in [0, 0.05) is 25.0 Å². The minimum Gasteiger partial charge on any atom is -0.450 e. The summed E-state index contributed by atoms with van der Waals surface area (Å²) < 4.78 is 4.82. The number of carbonyl (C=O) groups excluding carboxylic acids is 2. The van der Waals surface area contributed by atoms with Crippen LogP contribution >= 0.6 is 11.8 Å². The number of hydrogen-bond donors (Lipinski definition) is 2. The summed E-state index contributed by atoms with van der Waals surface area (Å²) in [4.78, 5) is 24.9. The zero-order valence-corrected chi connectivity index (χ0v) is 12.9. The maximum absolute atomic E-state index is 11.8. The Morgan fingerprint density at radius 3 is 2.71 bits per heavy atom. The molecule has 2 N–H and O–H groups in total. The molecule has 1 aromatic rings. The van der Waals surface area contributed by atoms with Gasteiger partial charge in [0.15, 0.2) is 0 Å². The number of urea groups is 1. The number of nitrogens with one attached hydrogen (secondary N) is 2. The van der Waals surface area contributed by atoms with Crippen molar-refractivity contribution in [3.8, 4) is 0 Å². The topological polar surface area (TPSA) is 70.7 Å². The number of benzene rings is 1. The summed E-state index contributed by atoms with van der Waals surface area (Å²) in [7, 11) is 1.63. The van der Waals surface area contributed by atoms with Crippen molar-refractivity contribution in [2.45, 2.75) is 12.3 Å². The van der Waals surface area contributed by atoms with E-state index in [2.05, 4.69) is 10.6 Å². The van der Waals surface area contributed by atoms with Crippen molar-refractivity contribution < 1.29 is 14.3 Å². The van der Waals surface area contributed by atoms with Crippen molar-refractivity contribution in [3.05, 3.63) is 29.8 Å². The summed E-state index contributed by atoms with van der Waals surface area (Å²) in [5, 5.41) is 5.32. The molecule has 0 spiro atoms. The Labute approximate surface area is 128 Å². The lowest BCUT2D eigenvalue weighted by atomic mass is 10.2. The molecule has 0 aromatic heterocycles. The molecule has 0 bridgehead atoms. The van der Waals surface area contributed by atoms with Gasteiger partial charge in [0.2, 0.25) is 0 Å². The Kier molecular flexibility index (Phi) is 5.32. The van der Waals surface area contributed by atoms with Gasteiger partial charge >= 0.3 is 12.1 Å². The van der Waals surface area contributed by atoms with E-state index in [0.717, 1.165) is 17.9 Å². The summed E-state index contributed by atoms with van der Waals surface area (Å²) >= 11 is 1.73. The van der Waals surface area contributed by atoms with Crippen LogP contribution in [0, 0.1) is 0 Å². The van der Waals surface area contributed by atoms with Crippen LogP contribution in [-0.2, 0) is 4.74 Å². The number of anilines is 1. The zero-order valence-electron chi connectivity index (χ0n) is 12.1. The lowest BCUT2D eigenvalue weighted by molar-refractivity contribution is 0.168. The minimum absolute atomic E-state index is 0.0154. The smallest absolute Gasteiger partial charge is 0.411 e. The number of hydrogen-bond acceptors (Lipinski definition) is 4. The van der Waals surface area contributed by atoms with Gasteiger partial charge in [-0.2, -0.15) is 0 Å². The molecule has 3 amide bonds. The van der Waals surface area contributed by atoms with Gasteiger partial charge in [-0.25, -0.2) is 9.59 Å². The van der Waals surface area contributed by atoms with Crippen molar-refractivity contribution in [3.63, 3.8) is 0 Å². The van der Waals surface area contributed by atoms with Gasteiger partial charge in [0.1, 0.15) is 5.37 Å². The monoisotopic (exact) mass is 309 g/mol. The standard InChI is InChI=1S/C14H19N3O3S/c1-3-20-14(19)16-11-6-4-10(5-7-11)12-17(8-9-21-12)13(18)15-2/h4-7,12H,3,8-9H2,1-2H3,(H,15,18)(H,16,19)/t12-/m0/s1. The Balaban J connectivity index is 2.04. The van der Waals surface area contributed by atoms with Crippen molar-refractivity contribution in [2.24, 2.45) is 0 Å². The molecule has 1 saturated heterocycles. The summed E-state index contributed by atoms with van der Waals surface area (Å²) in [6.45, 7) is 2.83. The molecule has 1 aliphatic heterocycles. The van der Waals surface area contributed by atoms with Crippen LogP contribution in [0.4, 0.5) is 15.3 Å². The highest BCUT2D eigenvalue weighted by Gasteiger charge is 2.29. The fraction of sp³-hybridized carbons (Fsp3) is 0.429.